The molecule has 2 N–H and O–H groups in total. The van der Waals surface area contributed by atoms with Gasteiger partial charge in [0, 0.05) is 6.42 Å². The third-order valence-corrected chi connectivity index (χ3v) is 2.59. The van der Waals surface area contributed by atoms with E-state index in [1.165, 1.54) is 5.56 Å². The molecule has 1 unspecified atom stereocenters. The number of benzene rings is 1. The maximum absolute atomic E-state index is 11.7. The van der Waals surface area contributed by atoms with Crippen LogP contribution in [0.1, 0.15) is 25.0 Å². The summed E-state index contributed by atoms with van der Waals surface area (Å²) in [4.78, 5) is 11.7. The summed E-state index contributed by atoms with van der Waals surface area (Å²) in [7, 11) is 0. The van der Waals surface area contributed by atoms with Crippen LogP contribution in [0.5, 0.6) is 0 Å². The number of aryl methyl sites for hydroxylation is 1. The molecule has 0 spiro atoms. The Morgan fingerprint density at radius 2 is 1.80 bits per heavy atom. The van der Waals surface area contributed by atoms with Crippen molar-refractivity contribution in [3.63, 3.8) is 0 Å². The number of carbonyl (C=O) groups excluding carboxylic acids is 1. The first kappa shape index (κ1) is 11.9. The highest BCUT2D eigenvalue weighted by molar-refractivity contribution is 5.86. The quantitative estimate of drug-likeness (QED) is 0.818. The predicted molar refractivity (Wildman–Crippen MR) is 62.7 cm³/mol. The van der Waals surface area contributed by atoms with Gasteiger partial charge in [0.15, 0.2) is 5.78 Å². The lowest BCUT2D eigenvalue weighted by atomic mass is 9.96. The van der Waals surface area contributed by atoms with Crippen molar-refractivity contribution >= 4 is 5.78 Å². The first-order valence-electron chi connectivity index (χ1n) is 5.34. The van der Waals surface area contributed by atoms with Crippen molar-refractivity contribution in [3.8, 4) is 0 Å². The third-order valence-electron chi connectivity index (χ3n) is 2.59. The van der Waals surface area contributed by atoms with Crippen LogP contribution in [0.4, 0.5) is 0 Å². The van der Waals surface area contributed by atoms with Gasteiger partial charge in [-0.2, -0.15) is 0 Å². The predicted octanol–water partition coefficient (Wildman–Crippen LogP) is 2.09. The second-order valence-corrected chi connectivity index (χ2v) is 4.40. The molecule has 2 heteroatoms. The van der Waals surface area contributed by atoms with Crippen molar-refractivity contribution in [2.75, 3.05) is 0 Å². The molecule has 0 aromatic heterocycles. The zero-order valence-electron chi connectivity index (χ0n) is 9.66. The molecule has 0 aliphatic rings. The summed E-state index contributed by atoms with van der Waals surface area (Å²) in [6.07, 6.45) is 0.444. The van der Waals surface area contributed by atoms with Gasteiger partial charge in [0.05, 0.1) is 6.04 Å². The van der Waals surface area contributed by atoms with E-state index < -0.39 is 0 Å². The normalized spacial score (nSPS) is 12.9. The van der Waals surface area contributed by atoms with Crippen LogP contribution in [-0.4, -0.2) is 11.8 Å². The molecule has 1 aromatic carbocycles. The average molecular weight is 205 g/mol. The molecular formula is C13H19NO. The Bertz CT molecular complexity index is 327. The minimum absolute atomic E-state index is 0.119. The van der Waals surface area contributed by atoms with Gasteiger partial charge in [0.1, 0.15) is 0 Å². The molecule has 1 aromatic rings. The molecular weight excluding hydrogens is 186 g/mol. The molecule has 0 bridgehead atoms. The van der Waals surface area contributed by atoms with Crippen molar-refractivity contribution < 1.29 is 4.79 Å². The highest BCUT2D eigenvalue weighted by Gasteiger charge is 2.16. The van der Waals surface area contributed by atoms with Gasteiger partial charge in [-0.15, -0.1) is 0 Å². The van der Waals surface area contributed by atoms with Crippen LogP contribution >= 0.6 is 0 Å². The van der Waals surface area contributed by atoms with Gasteiger partial charge in [-0.25, -0.2) is 0 Å². The van der Waals surface area contributed by atoms with Crippen molar-refractivity contribution in [1.29, 1.82) is 0 Å². The molecule has 0 amide bonds. The van der Waals surface area contributed by atoms with E-state index in [9.17, 15) is 4.79 Å². The van der Waals surface area contributed by atoms with Crippen LogP contribution in [0.25, 0.3) is 0 Å². The van der Waals surface area contributed by atoms with E-state index >= 15 is 0 Å². The number of rotatable bonds is 4. The summed E-state index contributed by atoms with van der Waals surface area (Å²) in [5.41, 5.74) is 8.04. The fourth-order valence-corrected chi connectivity index (χ4v) is 1.40. The number of ketones is 1. The Labute approximate surface area is 91.5 Å². The molecule has 0 aliphatic carbocycles. The Morgan fingerprint density at radius 1 is 1.27 bits per heavy atom. The Kier molecular flexibility index (Phi) is 4.04. The van der Waals surface area contributed by atoms with Crippen LogP contribution in [0.3, 0.4) is 0 Å². The molecule has 0 heterocycles. The molecule has 1 atom stereocenters. The summed E-state index contributed by atoms with van der Waals surface area (Å²) < 4.78 is 0. The topological polar surface area (TPSA) is 43.1 Å². The zero-order chi connectivity index (χ0) is 11.4. The Balaban J connectivity index is 2.62. The van der Waals surface area contributed by atoms with E-state index in [1.807, 2.05) is 45.0 Å². The Hall–Kier alpha value is -1.15. The van der Waals surface area contributed by atoms with Crippen molar-refractivity contribution in [2.45, 2.75) is 33.2 Å². The second-order valence-electron chi connectivity index (χ2n) is 4.40. The molecule has 0 aliphatic heterocycles. The van der Waals surface area contributed by atoms with E-state index in [4.69, 9.17) is 5.73 Å². The maximum Gasteiger partial charge on any atom is 0.154 e. The smallest absolute Gasteiger partial charge is 0.154 e. The number of nitrogens with two attached hydrogens (primary N) is 1. The van der Waals surface area contributed by atoms with Crippen LogP contribution in [0.2, 0.25) is 0 Å². The van der Waals surface area contributed by atoms with Crippen LogP contribution in [0, 0.1) is 12.8 Å². The minimum atomic E-state index is -0.341. The molecule has 82 valence electrons. The summed E-state index contributed by atoms with van der Waals surface area (Å²) in [6.45, 7) is 5.97. The molecule has 0 radical (unpaired) electrons. The van der Waals surface area contributed by atoms with Crippen LogP contribution in [-0.2, 0) is 11.2 Å². The number of hydrogen-bond donors (Lipinski definition) is 1. The summed E-state index contributed by atoms with van der Waals surface area (Å²) in [5.74, 6) is 0.330. The van der Waals surface area contributed by atoms with E-state index in [-0.39, 0.29) is 17.7 Å². The average Bonchev–Trinajstić information content (AvgIpc) is 2.20. The first-order chi connectivity index (χ1) is 7.00. The minimum Gasteiger partial charge on any atom is -0.321 e. The monoisotopic (exact) mass is 205 g/mol. The van der Waals surface area contributed by atoms with Gasteiger partial charge in [0.2, 0.25) is 0 Å². The highest BCUT2D eigenvalue weighted by Crippen LogP contribution is 2.08. The standard InChI is InChI=1S/C13H19NO/c1-9(2)13(14)12(15)8-11-6-4-10(3)5-7-11/h4-7,9,13H,8,14H2,1-3H3. The van der Waals surface area contributed by atoms with E-state index in [2.05, 4.69) is 0 Å². The second kappa shape index (κ2) is 5.08. The highest BCUT2D eigenvalue weighted by atomic mass is 16.1. The summed E-state index contributed by atoms with van der Waals surface area (Å²) in [6, 6.07) is 7.67. The summed E-state index contributed by atoms with van der Waals surface area (Å²) in [5, 5.41) is 0. The fourth-order valence-electron chi connectivity index (χ4n) is 1.40. The lowest BCUT2D eigenvalue weighted by Gasteiger charge is -2.14. The zero-order valence-corrected chi connectivity index (χ0v) is 9.66. The molecule has 0 saturated heterocycles. The largest absolute Gasteiger partial charge is 0.321 e. The van der Waals surface area contributed by atoms with Crippen molar-refractivity contribution in [3.05, 3.63) is 35.4 Å². The van der Waals surface area contributed by atoms with Gasteiger partial charge >= 0.3 is 0 Å². The van der Waals surface area contributed by atoms with Gasteiger partial charge in [-0.3, -0.25) is 4.79 Å². The fraction of sp³-hybridized carbons (Fsp3) is 0.462. The Morgan fingerprint density at radius 3 is 2.27 bits per heavy atom. The number of hydrogen-bond acceptors (Lipinski definition) is 2. The van der Waals surface area contributed by atoms with E-state index in [1.54, 1.807) is 0 Å². The SMILES string of the molecule is Cc1ccc(CC(=O)C(N)C(C)C)cc1. The third kappa shape index (κ3) is 3.48. The number of carbonyl (C=O) groups is 1. The van der Waals surface area contributed by atoms with Crippen LogP contribution in [0.15, 0.2) is 24.3 Å². The lowest BCUT2D eigenvalue weighted by molar-refractivity contribution is -0.120. The van der Waals surface area contributed by atoms with Crippen molar-refractivity contribution in [2.24, 2.45) is 11.7 Å². The van der Waals surface area contributed by atoms with E-state index in [0.717, 1.165) is 5.56 Å². The first-order valence-corrected chi connectivity index (χ1v) is 5.34. The molecule has 1 rings (SSSR count). The number of Topliss-reactive ketones (excluding diaryl/α,β-unsaturated/α-hetero) is 1. The van der Waals surface area contributed by atoms with Crippen molar-refractivity contribution in [1.82, 2.24) is 0 Å². The van der Waals surface area contributed by atoms with Gasteiger partial charge < -0.3 is 5.73 Å². The molecule has 0 fully saturated rings. The maximum atomic E-state index is 11.7. The summed E-state index contributed by atoms with van der Waals surface area (Å²) >= 11 is 0. The van der Waals surface area contributed by atoms with E-state index in [0.29, 0.717) is 6.42 Å². The van der Waals surface area contributed by atoms with Crippen LogP contribution < -0.4 is 5.73 Å². The lowest BCUT2D eigenvalue weighted by Crippen LogP contribution is -2.36. The van der Waals surface area contributed by atoms with Gasteiger partial charge in [0.25, 0.3) is 0 Å². The van der Waals surface area contributed by atoms with Gasteiger partial charge in [-0.1, -0.05) is 43.7 Å². The molecule has 2 nitrogen and oxygen atoms in total. The molecule has 0 saturated carbocycles. The molecule has 15 heavy (non-hydrogen) atoms. The van der Waals surface area contributed by atoms with Gasteiger partial charge in [-0.05, 0) is 18.4 Å².